The Bertz CT molecular complexity index is 147. The first kappa shape index (κ1) is 8.25. The summed E-state index contributed by atoms with van der Waals surface area (Å²) in [5, 5.41) is 16.3. The highest BCUT2D eigenvalue weighted by Crippen LogP contribution is 1.91. The Balaban J connectivity index is 3.87. The Kier molecular flexibility index (Phi) is 3.82. The second-order valence-electron chi connectivity index (χ2n) is 1.28. The quantitative estimate of drug-likeness (QED) is 0.407. The monoisotopic (exact) mass is 143 g/mol. The minimum atomic E-state index is -0.942. The minimum Gasteiger partial charge on any atom is -0.209 e. The average Bonchev–Trinajstić information content (AvgIpc) is 1.90. The van der Waals surface area contributed by atoms with E-state index < -0.39 is 6.85 Å². The van der Waals surface area contributed by atoms with E-state index in [0.717, 1.165) is 4.97 Å². The van der Waals surface area contributed by atoms with E-state index >= 15 is 0 Å². The molecule has 0 spiro atoms. The van der Waals surface area contributed by atoms with Gasteiger partial charge in [-0.1, -0.05) is 0 Å². The number of rotatable bonds is 2. The van der Waals surface area contributed by atoms with Crippen molar-refractivity contribution in [1.82, 2.24) is 4.97 Å². The maximum atomic E-state index is 8.17. The summed E-state index contributed by atoms with van der Waals surface area (Å²) in [6, 6.07) is 0. The van der Waals surface area contributed by atoms with Gasteiger partial charge in [-0.15, -0.1) is 0 Å². The second-order valence-corrected chi connectivity index (χ2v) is 1.41. The SMILES string of the molecule is CN(OCl)B(C#N)C#N. The fraction of sp³-hybridized carbons (Fsp3) is 0.333. The van der Waals surface area contributed by atoms with Gasteiger partial charge in [0.15, 0.2) is 0 Å². The second kappa shape index (κ2) is 4.17. The molecule has 0 atom stereocenters. The molecule has 4 nitrogen and oxygen atoms in total. The van der Waals surface area contributed by atoms with E-state index in [0.29, 0.717) is 0 Å². The molecule has 0 saturated carbocycles. The van der Waals surface area contributed by atoms with E-state index in [-0.39, 0.29) is 0 Å². The molecule has 0 aromatic heterocycles. The standard InChI is InChI=1S/C3H3BClN3O/c1-8(9-5)4(2-6)3-7/h1H3. The van der Waals surface area contributed by atoms with Crippen molar-refractivity contribution < 1.29 is 4.39 Å². The summed E-state index contributed by atoms with van der Waals surface area (Å²) < 4.78 is 4.05. The summed E-state index contributed by atoms with van der Waals surface area (Å²) in [5.41, 5.74) is 0. The molecule has 0 radical (unpaired) electrons. The molecule has 0 aliphatic heterocycles. The Morgan fingerprint density at radius 2 is 2.00 bits per heavy atom. The van der Waals surface area contributed by atoms with Crippen LogP contribution in [-0.2, 0) is 4.39 Å². The number of halogens is 1. The van der Waals surface area contributed by atoms with Crippen LogP contribution < -0.4 is 0 Å². The molecule has 6 heteroatoms. The third kappa shape index (κ3) is 2.34. The molecule has 0 heterocycles. The number of nitriles is 2. The first-order chi connectivity index (χ1) is 4.26. The molecule has 0 saturated heterocycles. The summed E-state index contributed by atoms with van der Waals surface area (Å²) in [5.74, 6) is 3.32. The van der Waals surface area contributed by atoms with Crippen LogP contribution in [0.15, 0.2) is 0 Å². The molecule has 0 bridgehead atoms. The van der Waals surface area contributed by atoms with Crippen molar-refractivity contribution in [3.63, 3.8) is 0 Å². The molecule has 0 aliphatic rings. The van der Waals surface area contributed by atoms with Gasteiger partial charge >= 0.3 is 6.85 Å². The highest BCUT2D eigenvalue weighted by Gasteiger charge is 2.20. The van der Waals surface area contributed by atoms with Gasteiger partial charge in [-0.2, -0.15) is 9.36 Å². The van der Waals surface area contributed by atoms with Crippen molar-refractivity contribution in [1.29, 1.82) is 10.5 Å². The van der Waals surface area contributed by atoms with Crippen LogP contribution in [0.3, 0.4) is 0 Å². The average molecular weight is 143 g/mol. The summed E-state index contributed by atoms with van der Waals surface area (Å²) in [6.45, 7) is -0.942. The predicted molar refractivity (Wildman–Crippen MR) is 31.7 cm³/mol. The highest BCUT2D eigenvalue weighted by atomic mass is 35.5. The Labute approximate surface area is 58.4 Å². The first-order valence-electron chi connectivity index (χ1n) is 2.07. The van der Waals surface area contributed by atoms with E-state index in [2.05, 4.69) is 4.39 Å². The van der Waals surface area contributed by atoms with Gasteiger partial charge in [-0.3, -0.25) is 0 Å². The van der Waals surface area contributed by atoms with Crippen LogP contribution in [0.1, 0.15) is 0 Å². The Morgan fingerprint density at radius 1 is 1.56 bits per heavy atom. The van der Waals surface area contributed by atoms with Crippen LogP contribution in [0.4, 0.5) is 0 Å². The van der Waals surface area contributed by atoms with Crippen LogP contribution in [-0.4, -0.2) is 18.9 Å². The third-order valence-corrected chi connectivity index (χ3v) is 0.935. The molecule has 0 fully saturated rings. The highest BCUT2D eigenvalue weighted by molar-refractivity contribution is 6.71. The molecule has 46 valence electrons. The van der Waals surface area contributed by atoms with E-state index in [1.807, 2.05) is 0 Å². The zero-order valence-electron chi connectivity index (χ0n) is 4.71. The predicted octanol–water partition coefficient (Wildman–Crippen LogP) is 0.121. The maximum Gasteiger partial charge on any atom is 0.488 e. The molecule has 9 heavy (non-hydrogen) atoms. The van der Waals surface area contributed by atoms with E-state index in [9.17, 15) is 0 Å². The normalized spacial score (nSPS) is 8.11. The molecule has 0 rings (SSSR count). The molecular formula is C3H3BClN3O. The van der Waals surface area contributed by atoms with Crippen molar-refractivity contribution in [2.75, 3.05) is 7.05 Å². The Hall–Kier alpha value is -0.745. The van der Waals surface area contributed by atoms with Gasteiger partial charge in [0.25, 0.3) is 0 Å². The summed E-state index contributed by atoms with van der Waals surface area (Å²) in [7, 11) is 1.39. The Morgan fingerprint density at radius 3 is 2.11 bits per heavy atom. The molecule has 0 aliphatic carbocycles. The van der Waals surface area contributed by atoms with Crippen molar-refractivity contribution in [3.05, 3.63) is 0 Å². The summed E-state index contributed by atoms with van der Waals surface area (Å²) in [6.07, 6.45) is 0. The van der Waals surface area contributed by atoms with Crippen LogP contribution in [0.2, 0.25) is 0 Å². The zero-order chi connectivity index (χ0) is 7.28. The third-order valence-electron chi connectivity index (χ3n) is 0.717. The molecule has 0 amide bonds. The number of hydroxylamine groups is 1. The van der Waals surface area contributed by atoms with Crippen LogP contribution >= 0.6 is 11.9 Å². The van der Waals surface area contributed by atoms with Gasteiger partial charge < -0.3 is 0 Å². The smallest absolute Gasteiger partial charge is 0.209 e. The first-order valence-corrected chi connectivity index (χ1v) is 2.38. The lowest BCUT2D eigenvalue weighted by Crippen LogP contribution is -2.31. The lowest BCUT2D eigenvalue weighted by molar-refractivity contribution is 0.0759. The van der Waals surface area contributed by atoms with Crippen molar-refractivity contribution >= 4 is 18.7 Å². The largest absolute Gasteiger partial charge is 0.488 e. The zero-order valence-corrected chi connectivity index (χ0v) is 5.46. The van der Waals surface area contributed by atoms with Gasteiger partial charge in [0.05, 0.1) is 11.9 Å². The van der Waals surface area contributed by atoms with Crippen molar-refractivity contribution in [2.24, 2.45) is 0 Å². The van der Waals surface area contributed by atoms with Gasteiger partial charge in [-0.05, 0) is 0 Å². The van der Waals surface area contributed by atoms with Crippen LogP contribution in [0, 0.1) is 22.5 Å². The fourth-order valence-electron chi connectivity index (χ4n) is 0.231. The van der Waals surface area contributed by atoms with Crippen molar-refractivity contribution in [3.8, 4) is 11.9 Å². The van der Waals surface area contributed by atoms with Gasteiger partial charge in [0.2, 0.25) is 0 Å². The van der Waals surface area contributed by atoms with E-state index in [1.54, 1.807) is 11.9 Å². The molecule has 0 aromatic rings. The summed E-state index contributed by atoms with van der Waals surface area (Å²) >= 11 is 4.83. The molecule has 0 N–H and O–H groups in total. The lowest BCUT2D eigenvalue weighted by atomic mass is 9.67. The molecule has 0 unspecified atom stereocenters. The topological polar surface area (TPSA) is 60.0 Å². The van der Waals surface area contributed by atoms with Gasteiger partial charge in [-0.25, -0.2) is 10.5 Å². The van der Waals surface area contributed by atoms with Crippen LogP contribution in [0.25, 0.3) is 0 Å². The van der Waals surface area contributed by atoms with Gasteiger partial charge in [0, 0.05) is 19.0 Å². The maximum absolute atomic E-state index is 8.17. The number of nitrogens with zero attached hydrogens (tertiary/aromatic N) is 3. The molecule has 0 aromatic carbocycles. The van der Waals surface area contributed by atoms with Crippen LogP contribution in [0.5, 0.6) is 0 Å². The fourth-order valence-corrected chi connectivity index (χ4v) is 0.311. The van der Waals surface area contributed by atoms with Gasteiger partial charge in [0.1, 0.15) is 0 Å². The lowest BCUT2D eigenvalue weighted by Gasteiger charge is -2.05. The van der Waals surface area contributed by atoms with Crippen molar-refractivity contribution in [2.45, 2.75) is 0 Å². The number of hydrogen-bond acceptors (Lipinski definition) is 4. The minimum absolute atomic E-state index is 0.942. The molecular weight excluding hydrogens is 140 g/mol. The number of hydrogen-bond donors (Lipinski definition) is 0. The van der Waals surface area contributed by atoms with E-state index in [1.165, 1.54) is 7.05 Å². The van der Waals surface area contributed by atoms with E-state index in [4.69, 9.17) is 22.4 Å². The summed E-state index contributed by atoms with van der Waals surface area (Å²) in [4.78, 5) is 0.946.